The molecule has 19 heavy (non-hydrogen) atoms. The van der Waals surface area contributed by atoms with E-state index in [-0.39, 0.29) is 11.9 Å². The van der Waals surface area contributed by atoms with Gasteiger partial charge in [-0.15, -0.1) is 0 Å². The van der Waals surface area contributed by atoms with Crippen LogP contribution < -0.4 is 16.0 Å². The summed E-state index contributed by atoms with van der Waals surface area (Å²) in [5.74, 6) is 6.00. The Morgan fingerprint density at radius 2 is 1.95 bits per heavy atom. The highest BCUT2D eigenvalue weighted by Gasteiger charge is 2.14. The first-order valence-corrected chi connectivity index (χ1v) is 6.50. The fourth-order valence-electron chi connectivity index (χ4n) is 1.90. The van der Waals surface area contributed by atoms with Crippen molar-refractivity contribution in [3.05, 3.63) is 63.9 Å². The van der Waals surface area contributed by atoms with Crippen LogP contribution in [-0.4, -0.2) is 7.11 Å². The summed E-state index contributed by atoms with van der Waals surface area (Å²) in [6, 6.07) is 12.1. The van der Waals surface area contributed by atoms with Gasteiger partial charge in [-0.2, -0.15) is 0 Å². The molecule has 0 saturated heterocycles. The van der Waals surface area contributed by atoms with Crippen molar-refractivity contribution < 1.29 is 9.13 Å². The van der Waals surface area contributed by atoms with Gasteiger partial charge in [-0.3, -0.25) is 5.84 Å². The summed E-state index contributed by atoms with van der Waals surface area (Å²) in [4.78, 5) is 0. The molecule has 1 unspecified atom stereocenters. The molecule has 0 heterocycles. The first-order chi connectivity index (χ1) is 9.15. The average molecular weight is 325 g/mol. The SMILES string of the molecule is COc1cccc(C(NN)c2ccc(Br)c(F)c2)c1. The van der Waals surface area contributed by atoms with E-state index < -0.39 is 0 Å². The van der Waals surface area contributed by atoms with Crippen LogP contribution in [0, 0.1) is 5.82 Å². The molecule has 2 aromatic carbocycles. The van der Waals surface area contributed by atoms with E-state index in [2.05, 4.69) is 21.4 Å². The fourth-order valence-corrected chi connectivity index (χ4v) is 2.14. The summed E-state index contributed by atoms with van der Waals surface area (Å²) in [5.41, 5.74) is 4.35. The number of nitrogens with one attached hydrogen (secondary N) is 1. The standard InChI is InChI=1S/C14H14BrFN2O/c1-19-11-4-2-3-9(7-11)14(18-17)10-5-6-12(15)13(16)8-10/h2-8,14,18H,17H2,1H3. The van der Waals surface area contributed by atoms with Crippen LogP contribution in [0.25, 0.3) is 0 Å². The largest absolute Gasteiger partial charge is 0.497 e. The third-order valence-electron chi connectivity index (χ3n) is 2.87. The third-order valence-corrected chi connectivity index (χ3v) is 3.51. The summed E-state index contributed by atoms with van der Waals surface area (Å²) >= 11 is 3.13. The number of nitrogens with two attached hydrogens (primary N) is 1. The van der Waals surface area contributed by atoms with Gasteiger partial charge < -0.3 is 4.74 Å². The van der Waals surface area contributed by atoms with Gasteiger partial charge in [-0.1, -0.05) is 18.2 Å². The lowest BCUT2D eigenvalue weighted by molar-refractivity contribution is 0.413. The van der Waals surface area contributed by atoms with Gasteiger partial charge >= 0.3 is 0 Å². The van der Waals surface area contributed by atoms with Crippen molar-refractivity contribution in [3.8, 4) is 5.75 Å². The molecule has 0 aliphatic carbocycles. The van der Waals surface area contributed by atoms with Gasteiger partial charge in [0.2, 0.25) is 0 Å². The molecule has 0 bridgehead atoms. The number of ether oxygens (including phenoxy) is 1. The Kier molecular flexibility index (Phi) is 4.52. The normalized spacial score (nSPS) is 12.2. The van der Waals surface area contributed by atoms with Crippen LogP contribution in [-0.2, 0) is 0 Å². The van der Waals surface area contributed by atoms with Crippen molar-refractivity contribution in [2.24, 2.45) is 5.84 Å². The summed E-state index contributed by atoms with van der Waals surface area (Å²) in [5, 5.41) is 0. The van der Waals surface area contributed by atoms with Gasteiger partial charge in [0, 0.05) is 0 Å². The molecule has 0 spiro atoms. The molecule has 5 heteroatoms. The summed E-state index contributed by atoms with van der Waals surface area (Å²) in [7, 11) is 1.60. The number of hydrogen-bond donors (Lipinski definition) is 2. The Balaban J connectivity index is 2.40. The van der Waals surface area contributed by atoms with E-state index in [1.54, 1.807) is 13.2 Å². The van der Waals surface area contributed by atoms with Crippen molar-refractivity contribution in [2.45, 2.75) is 6.04 Å². The van der Waals surface area contributed by atoms with Crippen LogP contribution in [0.2, 0.25) is 0 Å². The van der Waals surface area contributed by atoms with Crippen molar-refractivity contribution in [1.29, 1.82) is 0 Å². The molecule has 0 aliphatic heterocycles. The second-order valence-electron chi connectivity index (χ2n) is 4.05. The van der Waals surface area contributed by atoms with E-state index in [0.717, 1.165) is 16.9 Å². The number of benzene rings is 2. The van der Waals surface area contributed by atoms with Crippen LogP contribution in [0.15, 0.2) is 46.9 Å². The van der Waals surface area contributed by atoms with Gasteiger partial charge in [0.25, 0.3) is 0 Å². The zero-order valence-corrected chi connectivity index (χ0v) is 11.9. The summed E-state index contributed by atoms with van der Waals surface area (Å²) < 4.78 is 19.2. The van der Waals surface area contributed by atoms with Gasteiger partial charge in [-0.05, 0) is 51.3 Å². The van der Waals surface area contributed by atoms with Crippen LogP contribution >= 0.6 is 15.9 Å². The molecule has 0 aromatic heterocycles. The second-order valence-corrected chi connectivity index (χ2v) is 4.90. The molecule has 0 radical (unpaired) electrons. The molecule has 1 atom stereocenters. The van der Waals surface area contributed by atoms with E-state index >= 15 is 0 Å². The lowest BCUT2D eigenvalue weighted by Crippen LogP contribution is -2.28. The Morgan fingerprint density at radius 1 is 1.21 bits per heavy atom. The quantitative estimate of drug-likeness (QED) is 0.671. The molecule has 100 valence electrons. The predicted molar refractivity (Wildman–Crippen MR) is 76.3 cm³/mol. The molecule has 2 rings (SSSR count). The highest BCUT2D eigenvalue weighted by atomic mass is 79.9. The van der Waals surface area contributed by atoms with Gasteiger partial charge in [-0.25, -0.2) is 9.82 Å². The minimum atomic E-state index is -0.319. The van der Waals surface area contributed by atoms with Crippen LogP contribution in [0.5, 0.6) is 5.75 Å². The molecule has 3 N–H and O–H groups in total. The lowest BCUT2D eigenvalue weighted by atomic mass is 9.99. The highest BCUT2D eigenvalue weighted by Crippen LogP contribution is 2.27. The smallest absolute Gasteiger partial charge is 0.137 e. The predicted octanol–water partition coefficient (Wildman–Crippen LogP) is 3.15. The van der Waals surface area contributed by atoms with Gasteiger partial charge in [0.05, 0.1) is 17.6 Å². The van der Waals surface area contributed by atoms with E-state index in [0.29, 0.717) is 4.47 Å². The monoisotopic (exact) mass is 324 g/mol. The van der Waals surface area contributed by atoms with Crippen molar-refractivity contribution in [1.82, 2.24) is 5.43 Å². The average Bonchev–Trinajstić information content (AvgIpc) is 2.44. The van der Waals surface area contributed by atoms with Crippen LogP contribution in [0.3, 0.4) is 0 Å². The van der Waals surface area contributed by atoms with Gasteiger partial charge in [0.1, 0.15) is 11.6 Å². The number of hydrazine groups is 1. The molecule has 0 fully saturated rings. The minimum Gasteiger partial charge on any atom is -0.497 e. The Labute approximate surface area is 119 Å². The Hall–Kier alpha value is -1.43. The van der Waals surface area contributed by atoms with E-state index in [4.69, 9.17) is 10.6 Å². The lowest BCUT2D eigenvalue weighted by Gasteiger charge is -2.18. The number of methoxy groups -OCH3 is 1. The fraction of sp³-hybridized carbons (Fsp3) is 0.143. The first-order valence-electron chi connectivity index (χ1n) is 5.70. The maximum atomic E-state index is 13.6. The number of rotatable bonds is 4. The molecular formula is C14H14BrFN2O. The number of halogens is 2. The maximum absolute atomic E-state index is 13.6. The Morgan fingerprint density at radius 3 is 2.58 bits per heavy atom. The second kappa shape index (κ2) is 6.14. The van der Waals surface area contributed by atoms with E-state index in [9.17, 15) is 4.39 Å². The van der Waals surface area contributed by atoms with E-state index in [1.807, 2.05) is 30.3 Å². The van der Waals surface area contributed by atoms with Crippen LogP contribution in [0.1, 0.15) is 17.2 Å². The molecule has 2 aromatic rings. The van der Waals surface area contributed by atoms with Crippen LogP contribution in [0.4, 0.5) is 4.39 Å². The van der Waals surface area contributed by atoms with E-state index in [1.165, 1.54) is 6.07 Å². The molecule has 3 nitrogen and oxygen atoms in total. The maximum Gasteiger partial charge on any atom is 0.137 e. The third kappa shape index (κ3) is 3.12. The van der Waals surface area contributed by atoms with Gasteiger partial charge in [0.15, 0.2) is 0 Å². The molecule has 0 aliphatic rings. The highest BCUT2D eigenvalue weighted by molar-refractivity contribution is 9.10. The Bertz CT molecular complexity index is 577. The first kappa shape index (κ1) is 14.0. The minimum absolute atomic E-state index is 0.294. The van der Waals surface area contributed by atoms with Crippen molar-refractivity contribution in [3.63, 3.8) is 0 Å². The summed E-state index contributed by atoms with van der Waals surface area (Å²) in [6.45, 7) is 0. The number of hydrogen-bond acceptors (Lipinski definition) is 3. The molecular weight excluding hydrogens is 311 g/mol. The summed E-state index contributed by atoms with van der Waals surface area (Å²) in [6.07, 6.45) is 0. The van der Waals surface area contributed by atoms with Crippen molar-refractivity contribution >= 4 is 15.9 Å². The zero-order valence-electron chi connectivity index (χ0n) is 10.4. The molecule has 0 amide bonds. The topological polar surface area (TPSA) is 47.3 Å². The van der Waals surface area contributed by atoms with Crippen molar-refractivity contribution in [2.75, 3.05) is 7.11 Å². The zero-order chi connectivity index (χ0) is 13.8. The molecule has 0 saturated carbocycles.